The second-order valence-electron chi connectivity index (χ2n) is 6.39. The Bertz CT molecular complexity index is 791. The Hall–Kier alpha value is -3.09. The molecular weight excluding hydrogens is 349 g/mol. The number of carbonyl (C=O) groups excluding carboxylic acids is 2. The van der Waals surface area contributed by atoms with Gasteiger partial charge in [-0.15, -0.1) is 0 Å². The van der Waals surface area contributed by atoms with Crippen LogP contribution in [0.15, 0.2) is 48.5 Å². The van der Waals surface area contributed by atoms with Crippen molar-refractivity contribution >= 4 is 17.6 Å². The molecular formula is C20H22FN3O3. The molecule has 142 valence electrons. The molecule has 0 aromatic heterocycles. The lowest BCUT2D eigenvalue weighted by atomic mass is 10.1. The number of halogens is 1. The molecule has 1 aliphatic rings. The van der Waals surface area contributed by atoms with E-state index < -0.39 is 11.8 Å². The van der Waals surface area contributed by atoms with E-state index in [1.807, 2.05) is 12.1 Å². The standard InChI is InChI=1S/C20H22FN3O3/c21-17-3-1-2-4-18(17)24-20(26)22-12-11-14-5-9-16(10-6-14)27-13-19(25)23-15-7-8-15/h1-6,9-10,15H,7-8,11-13H2,(H,23,25)(H2,22,24,26). The van der Waals surface area contributed by atoms with Crippen molar-refractivity contribution in [3.8, 4) is 5.75 Å². The first-order valence-electron chi connectivity index (χ1n) is 8.90. The Balaban J connectivity index is 1.36. The van der Waals surface area contributed by atoms with Gasteiger partial charge < -0.3 is 20.7 Å². The lowest BCUT2D eigenvalue weighted by Crippen LogP contribution is -2.30. The Kier molecular flexibility index (Phi) is 6.25. The minimum Gasteiger partial charge on any atom is -0.484 e. The number of ether oxygens (including phenoxy) is 1. The lowest BCUT2D eigenvalue weighted by Gasteiger charge is -2.09. The van der Waals surface area contributed by atoms with Gasteiger partial charge in [0, 0.05) is 12.6 Å². The maximum atomic E-state index is 13.5. The van der Waals surface area contributed by atoms with Crippen LogP contribution in [0.5, 0.6) is 5.75 Å². The third-order valence-electron chi connectivity index (χ3n) is 4.06. The number of anilines is 1. The number of rotatable bonds is 8. The summed E-state index contributed by atoms with van der Waals surface area (Å²) in [6, 6.07) is 13.2. The van der Waals surface area contributed by atoms with Crippen LogP contribution in [-0.4, -0.2) is 31.1 Å². The minimum atomic E-state index is -0.478. The van der Waals surface area contributed by atoms with E-state index in [-0.39, 0.29) is 18.2 Å². The van der Waals surface area contributed by atoms with E-state index in [2.05, 4.69) is 16.0 Å². The third kappa shape index (κ3) is 6.29. The van der Waals surface area contributed by atoms with E-state index in [1.165, 1.54) is 12.1 Å². The summed E-state index contributed by atoms with van der Waals surface area (Å²) < 4.78 is 18.9. The molecule has 0 radical (unpaired) electrons. The maximum absolute atomic E-state index is 13.5. The fraction of sp³-hybridized carbons (Fsp3) is 0.300. The van der Waals surface area contributed by atoms with Crippen molar-refractivity contribution in [1.29, 1.82) is 0 Å². The number of carbonyl (C=O) groups is 2. The van der Waals surface area contributed by atoms with Crippen LogP contribution in [0.2, 0.25) is 0 Å². The molecule has 7 heteroatoms. The molecule has 2 aromatic rings. The summed E-state index contributed by atoms with van der Waals surface area (Å²) in [5.74, 6) is 0.0376. The van der Waals surface area contributed by atoms with Gasteiger partial charge in [0.05, 0.1) is 5.69 Å². The van der Waals surface area contributed by atoms with Crippen molar-refractivity contribution in [3.63, 3.8) is 0 Å². The number of benzene rings is 2. The molecule has 2 aromatic carbocycles. The fourth-order valence-electron chi connectivity index (χ4n) is 2.45. The zero-order chi connectivity index (χ0) is 19.1. The van der Waals surface area contributed by atoms with Gasteiger partial charge in [-0.25, -0.2) is 9.18 Å². The van der Waals surface area contributed by atoms with Crippen LogP contribution >= 0.6 is 0 Å². The molecule has 1 saturated carbocycles. The SMILES string of the molecule is O=C(COc1ccc(CCNC(=O)Nc2ccccc2F)cc1)NC1CC1. The number of para-hydroxylation sites is 1. The first kappa shape index (κ1) is 18.7. The second-order valence-corrected chi connectivity index (χ2v) is 6.39. The van der Waals surface area contributed by atoms with Crippen molar-refractivity contribution in [2.24, 2.45) is 0 Å². The van der Waals surface area contributed by atoms with Crippen LogP contribution in [0.1, 0.15) is 18.4 Å². The zero-order valence-electron chi connectivity index (χ0n) is 14.8. The van der Waals surface area contributed by atoms with Crippen LogP contribution in [0.3, 0.4) is 0 Å². The fourth-order valence-corrected chi connectivity index (χ4v) is 2.45. The molecule has 3 N–H and O–H groups in total. The van der Waals surface area contributed by atoms with Gasteiger partial charge in [-0.3, -0.25) is 4.79 Å². The van der Waals surface area contributed by atoms with Gasteiger partial charge in [0.25, 0.3) is 5.91 Å². The van der Waals surface area contributed by atoms with Crippen LogP contribution in [0.4, 0.5) is 14.9 Å². The van der Waals surface area contributed by atoms with Crippen molar-refractivity contribution in [2.45, 2.75) is 25.3 Å². The van der Waals surface area contributed by atoms with Crippen LogP contribution in [0.25, 0.3) is 0 Å². The first-order valence-corrected chi connectivity index (χ1v) is 8.90. The van der Waals surface area contributed by atoms with E-state index in [9.17, 15) is 14.0 Å². The largest absolute Gasteiger partial charge is 0.484 e. The van der Waals surface area contributed by atoms with E-state index >= 15 is 0 Å². The summed E-state index contributed by atoms with van der Waals surface area (Å²) in [6.07, 6.45) is 2.71. The molecule has 3 amide bonds. The summed E-state index contributed by atoms with van der Waals surface area (Å²) in [5, 5.41) is 8.01. The maximum Gasteiger partial charge on any atom is 0.319 e. The average molecular weight is 371 g/mol. The molecule has 27 heavy (non-hydrogen) atoms. The number of nitrogens with one attached hydrogen (secondary N) is 3. The molecule has 0 heterocycles. The Morgan fingerprint density at radius 1 is 1.07 bits per heavy atom. The van der Waals surface area contributed by atoms with Gasteiger partial charge in [-0.1, -0.05) is 24.3 Å². The molecule has 0 saturated heterocycles. The van der Waals surface area contributed by atoms with Crippen LogP contribution in [-0.2, 0) is 11.2 Å². The molecule has 1 fully saturated rings. The quantitative estimate of drug-likeness (QED) is 0.668. The lowest BCUT2D eigenvalue weighted by molar-refractivity contribution is -0.123. The van der Waals surface area contributed by atoms with Crippen LogP contribution < -0.4 is 20.7 Å². The molecule has 0 unspecified atom stereocenters. The summed E-state index contributed by atoms with van der Waals surface area (Å²) in [4.78, 5) is 23.4. The number of amides is 3. The van der Waals surface area contributed by atoms with Gasteiger partial charge in [-0.05, 0) is 49.1 Å². The van der Waals surface area contributed by atoms with Crippen molar-refractivity contribution < 1.29 is 18.7 Å². The molecule has 6 nitrogen and oxygen atoms in total. The Morgan fingerprint density at radius 3 is 2.52 bits per heavy atom. The van der Waals surface area contributed by atoms with Gasteiger partial charge in [0.15, 0.2) is 6.61 Å². The zero-order valence-corrected chi connectivity index (χ0v) is 14.8. The smallest absolute Gasteiger partial charge is 0.319 e. The second kappa shape index (κ2) is 9.02. The third-order valence-corrected chi connectivity index (χ3v) is 4.06. The van der Waals surface area contributed by atoms with Crippen molar-refractivity contribution in [1.82, 2.24) is 10.6 Å². The Morgan fingerprint density at radius 2 is 1.81 bits per heavy atom. The first-order chi connectivity index (χ1) is 13.1. The van der Waals surface area contributed by atoms with E-state index in [4.69, 9.17) is 4.74 Å². The highest BCUT2D eigenvalue weighted by Gasteiger charge is 2.23. The number of urea groups is 1. The molecule has 0 aliphatic heterocycles. The number of hydrogen-bond donors (Lipinski definition) is 3. The number of hydrogen-bond acceptors (Lipinski definition) is 3. The van der Waals surface area contributed by atoms with Crippen LogP contribution in [0, 0.1) is 5.82 Å². The molecule has 3 rings (SSSR count). The predicted octanol–water partition coefficient (Wildman–Crippen LogP) is 2.85. The van der Waals surface area contributed by atoms with Crippen molar-refractivity contribution in [2.75, 3.05) is 18.5 Å². The van der Waals surface area contributed by atoms with E-state index in [0.29, 0.717) is 24.8 Å². The summed E-state index contributed by atoms with van der Waals surface area (Å²) in [5.41, 5.74) is 1.15. The minimum absolute atomic E-state index is 0.00756. The monoisotopic (exact) mass is 371 g/mol. The highest BCUT2D eigenvalue weighted by molar-refractivity contribution is 5.89. The normalized spacial score (nSPS) is 12.9. The van der Waals surface area contributed by atoms with E-state index in [1.54, 1.807) is 24.3 Å². The van der Waals surface area contributed by atoms with Gasteiger partial charge in [0.2, 0.25) is 0 Å². The summed E-state index contributed by atoms with van der Waals surface area (Å²) in [6.45, 7) is 0.415. The summed E-state index contributed by atoms with van der Waals surface area (Å²) in [7, 11) is 0. The van der Waals surface area contributed by atoms with Gasteiger partial charge in [-0.2, -0.15) is 0 Å². The topological polar surface area (TPSA) is 79.5 Å². The highest BCUT2D eigenvalue weighted by Crippen LogP contribution is 2.18. The average Bonchev–Trinajstić information content (AvgIpc) is 3.47. The molecule has 0 bridgehead atoms. The summed E-state index contributed by atoms with van der Waals surface area (Å²) >= 11 is 0. The van der Waals surface area contributed by atoms with Crippen molar-refractivity contribution in [3.05, 3.63) is 59.9 Å². The molecule has 0 spiro atoms. The predicted molar refractivity (Wildman–Crippen MR) is 100 cm³/mol. The Labute approximate surface area is 157 Å². The van der Waals surface area contributed by atoms with E-state index in [0.717, 1.165) is 18.4 Å². The van der Waals surface area contributed by atoms with Gasteiger partial charge >= 0.3 is 6.03 Å². The highest BCUT2D eigenvalue weighted by atomic mass is 19.1. The molecule has 0 atom stereocenters. The molecule has 1 aliphatic carbocycles. The van der Waals surface area contributed by atoms with Gasteiger partial charge in [0.1, 0.15) is 11.6 Å².